The normalized spacial score (nSPS) is 12.4. The molecule has 3 heterocycles. The van der Waals surface area contributed by atoms with E-state index in [2.05, 4.69) is 10.3 Å². The Kier molecular flexibility index (Phi) is 8.87. The summed E-state index contributed by atoms with van der Waals surface area (Å²) in [6, 6.07) is 7.22. The summed E-state index contributed by atoms with van der Waals surface area (Å²) in [6.07, 6.45) is 0.735. The molecule has 5 N–H and O–H groups in total. The minimum Gasteiger partial charge on any atom is -0.496 e. The largest absolute Gasteiger partial charge is 0.496 e. The van der Waals surface area contributed by atoms with Gasteiger partial charge in [0.05, 0.1) is 46.5 Å². The van der Waals surface area contributed by atoms with E-state index in [1.54, 1.807) is 24.4 Å². The van der Waals surface area contributed by atoms with Gasteiger partial charge in [-0.3, -0.25) is 14.3 Å². The van der Waals surface area contributed by atoms with Crippen molar-refractivity contribution >= 4 is 40.1 Å². The van der Waals surface area contributed by atoms with E-state index in [-0.39, 0.29) is 51.6 Å². The van der Waals surface area contributed by atoms with Gasteiger partial charge in [0.25, 0.3) is 5.56 Å². The van der Waals surface area contributed by atoms with E-state index in [9.17, 15) is 9.59 Å². The van der Waals surface area contributed by atoms with Crippen LogP contribution in [0.25, 0.3) is 28.0 Å². The maximum Gasteiger partial charge on any atom is 0.404 e. The highest BCUT2D eigenvalue weighted by molar-refractivity contribution is 6.34. The van der Waals surface area contributed by atoms with Gasteiger partial charge < -0.3 is 26.3 Å². The van der Waals surface area contributed by atoms with Crippen LogP contribution in [-0.2, 0) is 4.74 Å². The predicted octanol–water partition coefficient (Wildman–Crippen LogP) is 6.18. The number of hydrogen-bond donors (Lipinski definition) is 3. The third kappa shape index (κ3) is 6.08. The first-order chi connectivity index (χ1) is 20.2. The first-order valence-electron chi connectivity index (χ1n) is 13.7. The van der Waals surface area contributed by atoms with Crippen LogP contribution in [0.15, 0.2) is 41.3 Å². The molecule has 0 saturated carbocycles. The van der Waals surface area contributed by atoms with E-state index in [0.717, 1.165) is 5.56 Å². The number of fused-ring (bicyclic) bond motifs is 1. The molecule has 0 saturated heterocycles. The smallest absolute Gasteiger partial charge is 0.404 e. The standard InChI is InChI=1S/C31H36ClFN6O4/c1-15(2)24-27(16(3)11-12-36-24)39-28-17(13-18(32)26(38-28)22-19(33)9-8-10-20(22)42-7)25(23(34)29(39)40)37-21(31(4,5)6)14-43-30(35)41/h8-13,15,21,37H,14,34H2,1-7H3,(H2,35,41). The predicted molar refractivity (Wildman–Crippen MR) is 168 cm³/mol. The minimum atomic E-state index is -0.939. The molecular weight excluding hydrogens is 575 g/mol. The van der Waals surface area contributed by atoms with Gasteiger partial charge in [-0.2, -0.15) is 0 Å². The number of primary amides is 1. The zero-order valence-electron chi connectivity index (χ0n) is 25.2. The summed E-state index contributed by atoms with van der Waals surface area (Å²) in [5.74, 6) is -0.452. The lowest BCUT2D eigenvalue weighted by molar-refractivity contribution is 0.132. The van der Waals surface area contributed by atoms with Crippen molar-refractivity contribution in [2.24, 2.45) is 11.1 Å². The van der Waals surface area contributed by atoms with E-state index in [0.29, 0.717) is 16.8 Å². The molecule has 0 aliphatic rings. The fraction of sp³-hybridized carbons (Fsp3) is 0.355. The fourth-order valence-electron chi connectivity index (χ4n) is 4.88. The number of carbonyl (C=O) groups excluding carboxylic acids is 1. The molecule has 0 spiro atoms. The second-order valence-electron chi connectivity index (χ2n) is 11.6. The molecule has 3 aromatic heterocycles. The summed E-state index contributed by atoms with van der Waals surface area (Å²) in [6.45, 7) is 11.5. The van der Waals surface area contributed by atoms with Gasteiger partial charge in [0.1, 0.15) is 29.5 Å². The summed E-state index contributed by atoms with van der Waals surface area (Å²) >= 11 is 6.80. The van der Waals surface area contributed by atoms with Crippen molar-refractivity contribution < 1.29 is 18.7 Å². The molecule has 4 aromatic rings. The summed E-state index contributed by atoms with van der Waals surface area (Å²) in [4.78, 5) is 35.1. The molecule has 0 bridgehead atoms. The Labute approximate surface area is 254 Å². The van der Waals surface area contributed by atoms with Crippen molar-refractivity contribution in [2.75, 3.05) is 24.8 Å². The van der Waals surface area contributed by atoms with E-state index in [1.807, 2.05) is 41.5 Å². The lowest BCUT2D eigenvalue weighted by Crippen LogP contribution is -2.40. The van der Waals surface area contributed by atoms with Crippen molar-refractivity contribution in [1.82, 2.24) is 14.5 Å². The average Bonchev–Trinajstić information content (AvgIpc) is 2.92. The van der Waals surface area contributed by atoms with E-state index >= 15 is 4.39 Å². The Morgan fingerprint density at radius 2 is 1.93 bits per heavy atom. The molecule has 0 aliphatic carbocycles. The molecular formula is C31H36ClFN6O4. The number of benzene rings is 1. The third-order valence-electron chi connectivity index (χ3n) is 7.25. The number of anilines is 2. The second kappa shape index (κ2) is 12.1. The summed E-state index contributed by atoms with van der Waals surface area (Å²) < 4.78 is 27.2. The third-order valence-corrected chi connectivity index (χ3v) is 7.54. The number of hydrogen-bond acceptors (Lipinski definition) is 8. The topological polar surface area (TPSA) is 147 Å². The Hall–Kier alpha value is -4.38. The average molecular weight is 611 g/mol. The number of aromatic nitrogens is 3. The lowest BCUT2D eigenvalue weighted by atomic mass is 9.87. The molecule has 0 fully saturated rings. The van der Waals surface area contributed by atoms with Gasteiger partial charge in [-0.05, 0) is 48.1 Å². The number of carbonyl (C=O) groups is 1. The van der Waals surface area contributed by atoms with Gasteiger partial charge in [0.2, 0.25) is 0 Å². The number of ether oxygens (including phenoxy) is 2. The lowest BCUT2D eigenvalue weighted by Gasteiger charge is -2.32. The fourth-order valence-corrected chi connectivity index (χ4v) is 5.12. The van der Waals surface area contributed by atoms with Gasteiger partial charge in [0, 0.05) is 11.6 Å². The van der Waals surface area contributed by atoms with Crippen LogP contribution in [0.3, 0.4) is 0 Å². The first kappa shape index (κ1) is 31.6. The van der Waals surface area contributed by atoms with Crippen molar-refractivity contribution in [1.29, 1.82) is 0 Å². The van der Waals surface area contributed by atoms with Crippen LogP contribution in [-0.4, -0.2) is 40.4 Å². The van der Waals surface area contributed by atoms with Crippen LogP contribution in [0.1, 0.15) is 51.8 Å². The van der Waals surface area contributed by atoms with Gasteiger partial charge in [-0.1, -0.05) is 52.3 Å². The maximum atomic E-state index is 15.3. The van der Waals surface area contributed by atoms with Gasteiger partial charge >= 0.3 is 6.09 Å². The van der Waals surface area contributed by atoms with Gasteiger partial charge in [-0.15, -0.1) is 0 Å². The Bertz CT molecular complexity index is 1770. The molecule has 12 heteroatoms. The van der Waals surface area contributed by atoms with E-state index < -0.39 is 28.9 Å². The summed E-state index contributed by atoms with van der Waals surface area (Å²) in [5.41, 5.74) is 13.1. The monoisotopic (exact) mass is 610 g/mol. The number of pyridine rings is 3. The highest BCUT2D eigenvalue weighted by atomic mass is 35.5. The number of aryl methyl sites for hydroxylation is 1. The van der Waals surface area contributed by atoms with Gasteiger partial charge in [0.15, 0.2) is 0 Å². The first-order valence-corrected chi connectivity index (χ1v) is 14.1. The number of nitrogen functional groups attached to an aromatic ring is 1. The molecule has 4 rings (SSSR count). The molecule has 1 atom stereocenters. The minimum absolute atomic E-state index is 0.0386. The van der Waals surface area contributed by atoms with Crippen molar-refractivity contribution in [3.05, 3.63) is 69.0 Å². The van der Waals surface area contributed by atoms with Gasteiger partial charge in [-0.25, -0.2) is 14.2 Å². The molecule has 0 aliphatic heterocycles. The van der Waals surface area contributed by atoms with Crippen LogP contribution >= 0.6 is 11.6 Å². The number of nitrogens with zero attached hydrogens (tertiary/aromatic N) is 3. The highest BCUT2D eigenvalue weighted by Crippen LogP contribution is 2.40. The Balaban J connectivity index is 2.16. The quantitative estimate of drug-likeness (QED) is 0.214. The molecule has 1 unspecified atom stereocenters. The molecule has 10 nitrogen and oxygen atoms in total. The zero-order chi connectivity index (χ0) is 31.8. The van der Waals surface area contributed by atoms with Crippen molar-refractivity contribution in [3.63, 3.8) is 0 Å². The molecule has 43 heavy (non-hydrogen) atoms. The number of nitrogens with two attached hydrogens (primary N) is 2. The molecule has 1 aromatic carbocycles. The van der Waals surface area contributed by atoms with E-state index in [1.165, 1.54) is 23.8 Å². The van der Waals surface area contributed by atoms with Crippen molar-refractivity contribution in [2.45, 2.75) is 53.5 Å². The zero-order valence-corrected chi connectivity index (χ0v) is 26.0. The highest BCUT2D eigenvalue weighted by Gasteiger charge is 2.30. The molecule has 0 radical (unpaired) electrons. The van der Waals surface area contributed by atoms with E-state index in [4.69, 9.17) is 37.5 Å². The van der Waals surface area contributed by atoms with Crippen LogP contribution in [0.2, 0.25) is 5.02 Å². The number of rotatable bonds is 8. The number of halogens is 2. The van der Waals surface area contributed by atoms with Crippen LogP contribution < -0.4 is 27.1 Å². The summed E-state index contributed by atoms with van der Waals surface area (Å²) in [7, 11) is 1.42. The number of nitrogens with one attached hydrogen (secondary N) is 1. The molecule has 228 valence electrons. The van der Waals surface area contributed by atoms with Crippen LogP contribution in [0.5, 0.6) is 5.75 Å². The summed E-state index contributed by atoms with van der Waals surface area (Å²) in [5, 5.41) is 3.77. The maximum absolute atomic E-state index is 15.3. The molecule has 1 amide bonds. The number of amides is 1. The van der Waals surface area contributed by atoms with Crippen LogP contribution in [0, 0.1) is 18.2 Å². The SMILES string of the molecule is COc1cccc(F)c1-c1nc2c(cc1Cl)c(NC(COC(N)=O)C(C)(C)C)c(N)c(=O)n2-c1c(C)ccnc1C(C)C. The number of methoxy groups -OCH3 is 1. The Morgan fingerprint density at radius 3 is 2.53 bits per heavy atom. The van der Waals surface area contributed by atoms with Crippen LogP contribution in [0.4, 0.5) is 20.6 Å². The Morgan fingerprint density at radius 1 is 1.23 bits per heavy atom. The van der Waals surface area contributed by atoms with Crippen molar-refractivity contribution in [3.8, 4) is 22.7 Å². The second-order valence-corrected chi connectivity index (χ2v) is 12.1.